The Morgan fingerprint density at radius 3 is 2.50 bits per heavy atom. The Kier molecular flexibility index (Phi) is 2.62. The number of nitrogens with one attached hydrogen (secondary N) is 1. The fraction of sp³-hybridized carbons (Fsp3) is 0. The third-order valence-electron chi connectivity index (χ3n) is 0.141. The Morgan fingerprint density at radius 2 is 2.50 bits per heavy atom. The molecule has 0 spiro atoms. The summed E-state index contributed by atoms with van der Waals surface area (Å²) in [5.41, 5.74) is 1.69. The van der Waals surface area contributed by atoms with Gasteiger partial charge in [0.2, 0.25) is 0 Å². The van der Waals surface area contributed by atoms with E-state index >= 15 is 0 Å². The molecule has 0 atom stereocenters. The summed E-state index contributed by atoms with van der Waals surface area (Å²) < 4.78 is 2.96. The number of nitrogens with zero attached hydrogens (tertiary/aromatic N) is 1. The summed E-state index contributed by atoms with van der Waals surface area (Å²) in [6.45, 7) is 0. The Bertz CT molecular complexity index is 71.9. The van der Waals surface area contributed by atoms with Crippen LogP contribution in [-0.2, 0) is 0 Å². The van der Waals surface area contributed by atoms with Gasteiger partial charge < -0.3 is 0 Å². The van der Waals surface area contributed by atoms with Gasteiger partial charge in [0.15, 0.2) is 0 Å². The number of hydrogen-bond acceptors (Lipinski definition) is 2. The second kappa shape index (κ2) is 2.81. The fourth-order valence-electron chi connectivity index (χ4n) is 0.0390. The average molecular weight is 153 g/mol. The second-order valence-electron chi connectivity index (χ2n) is 0.508. The molecule has 0 saturated carbocycles. The minimum atomic E-state index is -1.16. The van der Waals surface area contributed by atoms with Crippen molar-refractivity contribution in [3.05, 3.63) is 0 Å². The van der Waals surface area contributed by atoms with Crippen LogP contribution in [0.1, 0.15) is 0 Å². The predicted molar refractivity (Wildman–Crippen MR) is 19.3 cm³/mol. The van der Waals surface area contributed by atoms with E-state index in [-0.39, 0.29) is 0 Å². The minimum absolute atomic E-state index is 1.16. The van der Waals surface area contributed by atoms with Gasteiger partial charge in [-0.25, -0.2) is 0 Å². The van der Waals surface area contributed by atoms with Gasteiger partial charge in [-0.15, -0.1) is 0 Å². The van der Waals surface area contributed by atoms with Crippen molar-refractivity contribution in [2.45, 2.75) is 0 Å². The van der Waals surface area contributed by atoms with Crippen molar-refractivity contribution < 1.29 is 9.90 Å². The quantitative estimate of drug-likeness (QED) is 0.394. The van der Waals surface area contributed by atoms with E-state index in [1.165, 1.54) is 0 Å². The first kappa shape index (κ1) is 5.59. The molecule has 0 rings (SSSR count). The SMILES string of the molecule is O=C(O)NN=[Se]. The first-order valence-electron chi connectivity index (χ1n) is 1.08. The van der Waals surface area contributed by atoms with Gasteiger partial charge in [-0.1, -0.05) is 0 Å². The van der Waals surface area contributed by atoms with Crippen molar-refractivity contribution in [1.29, 1.82) is 0 Å². The van der Waals surface area contributed by atoms with E-state index in [9.17, 15) is 4.79 Å². The molecule has 6 heavy (non-hydrogen) atoms. The van der Waals surface area contributed by atoms with E-state index in [4.69, 9.17) is 5.11 Å². The first-order chi connectivity index (χ1) is 2.77. The molecular weight excluding hydrogens is 151 g/mol. The third kappa shape index (κ3) is 3.59. The first-order valence-corrected chi connectivity index (χ1v) is 1.85. The van der Waals surface area contributed by atoms with E-state index in [0.29, 0.717) is 0 Å². The Morgan fingerprint density at radius 1 is 2.00 bits per heavy atom. The molecule has 0 unspecified atom stereocenters. The standard InChI is InChI=1S/CH2N2O2Se/c4-1(5)2-3-6/h(H,2,6)(H,4,5). The second-order valence-corrected chi connectivity index (χ2v) is 0.891. The van der Waals surface area contributed by atoms with Crippen LogP contribution in [-0.4, -0.2) is 27.0 Å². The molecule has 0 aliphatic rings. The van der Waals surface area contributed by atoms with Crippen LogP contribution >= 0.6 is 0 Å². The van der Waals surface area contributed by atoms with Gasteiger partial charge in [-0.2, -0.15) is 0 Å². The molecule has 34 valence electrons. The number of hydrogen-bond donors (Lipinski definition) is 2. The number of carbonyl (C=O) groups is 1. The summed E-state index contributed by atoms with van der Waals surface area (Å²) in [6.07, 6.45) is -1.16. The molecule has 0 saturated heterocycles. The van der Waals surface area contributed by atoms with Gasteiger partial charge in [0.1, 0.15) is 0 Å². The molecule has 0 fully saturated rings. The molecule has 4 nitrogen and oxygen atoms in total. The van der Waals surface area contributed by atoms with Gasteiger partial charge in [0.25, 0.3) is 0 Å². The van der Waals surface area contributed by atoms with Gasteiger partial charge in [-0.3, -0.25) is 0 Å². The van der Waals surface area contributed by atoms with E-state index in [0.717, 1.165) is 0 Å². The van der Waals surface area contributed by atoms with Crippen LogP contribution in [0.25, 0.3) is 0 Å². The summed E-state index contributed by atoms with van der Waals surface area (Å²) in [5.74, 6) is 0. The van der Waals surface area contributed by atoms with E-state index in [1.807, 2.05) is 0 Å². The summed E-state index contributed by atoms with van der Waals surface area (Å²) >= 11 is 2.11. The van der Waals surface area contributed by atoms with Crippen LogP contribution in [0, 0.1) is 0 Å². The molecule has 5 heteroatoms. The molecule has 0 aliphatic carbocycles. The van der Waals surface area contributed by atoms with Crippen LogP contribution in [0.5, 0.6) is 0 Å². The molecule has 1 amide bonds. The number of carboxylic acid groups (broad SMARTS) is 1. The molecule has 0 aromatic rings. The number of amides is 1. The average Bonchev–Trinajstić information content (AvgIpc) is 1.35. The molecule has 0 heterocycles. The third-order valence-corrected chi connectivity index (χ3v) is 0.333. The maximum absolute atomic E-state index is 9.37. The van der Waals surface area contributed by atoms with Crippen molar-refractivity contribution in [2.24, 2.45) is 4.07 Å². The van der Waals surface area contributed by atoms with Gasteiger partial charge in [-0.05, 0) is 0 Å². The monoisotopic (exact) mass is 154 g/mol. The molecule has 0 aromatic carbocycles. The van der Waals surface area contributed by atoms with Crippen molar-refractivity contribution >= 4 is 21.9 Å². The molecule has 2 N–H and O–H groups in total. The molecule has 0 aliphatic heterocycles. The van der Waals surface area contributed by atoms with Gasteiger partial charge in [0.05, 0.1) is 0 Å². The molecular formula is CH2N2O2Se. The van der Waals surface area contributed by atoms with Crippen LogP contribution < -0.4 is 5.43 Å². The Balaban J connectivity index is 3.05. The summed E-state index contributed by atoms with van der Waals surface area (Å²) in [5, 5.41) is 7.69. The molecule has 0 radical (unpaired) electrons. The van der Waals surface area contributed by atoms with Crippen molar-refractivity contribution in [1.82, 2.24) is 5.43 Å². The molecule has 0 bridgehead atoms. The molecule has 0 aromatic heterocycles. The summed E-state index contributed by atoms with van der Waals surface area (Å²) in [7, 11) is 0. The fourth-order valence-corrected chi connectivity index (χ4v) is 0.203. The topological polar surface area (TPSA) is 61.7 Å². The summed E-state index contributed by atoms with van der Waals surface area (Å²) in [6, 6.07) is 0. The van der Waals surface area contributed by atoms with Gasteiger partial charge in [0, 0.05) is 0 Å². The van der Waals surface area contributed by atoms with Crippen LogP contribution in [0.4, 0.5) is 4.79 Å². The maximum atomic E-state index is 9.37. The zero-order valence-electron chi connectivity index (χ0n) is 2.71. The van der Waals surface area contributed by atoms with Crippen molar-refractivity contribution in [3.8, 4) is 0 Å². The van der Waals surface area contributed by atoms with E-state index in [1.54, 1.807) is 5.43 Å². The van der Waals surface area contributed by atoms with Crippen LogP contribution in [0.3, 0.4) is 0 Å². The van der Waals surface area contributed by atoms with E-state index in [2.05, 4.69) is 19.9 Å². The number of rotatable bonds is 1. The Labute approximate surface area is 42.1 Å². The normalized spacial score (nSPS) is 6.67. The zero-order chi connectivity index (χ0) is 4.99. The van der Waals surface area contributed by atoms with E-state index < -0.39 is 6.09 Å². The predicted octanol–water partition coefficient (Wildman–Crippen LogP) is -0.479. The Hall–Kier alpha value is -0.411. The van der Waals surface area contributed by atoms with Gasteiger partial charge >= 0.3 is 41.3 Å². The van der Waals surface area contributed by atoms with Crippen LogP contribution in [0.15, 0.2) is 4.07 Å². The zero-order valence-corrected chi connectivity index (χ0v) is 4.42. The van der Waals surface area contributed by atoms with Crippen molar-refractivity contribution in [3.63, 3.8) is 0 Å². The summed E-state index contributed by atoms with van der Waals surface area (Å²) in [4.78, 5) is 9.37. The van der Waals surface area contributed by atoms with Crippen molar-refractivity contribution in [2.75, 3.05) is 0 Å². The van der Waals surface area contributed by atoms with Crippen LogP contribution in [0.2, 0.25) is 0 Å².